The predicted octanol–water partition coefficient (Wildman–Crippen LogP) is 0.571. The molecule has 0 rings (SSSR count). The van der Waals surface area contributed by atoms with Gasteiger partial charge in [-0.3, -0.25) is 19.6 Å². The van der Waals surface area contributed by atoms with Crippen LogP contribution in [0, 0.1) is 5.92 Å². The van der Waals surface area contributed by atoms with Crippen molar-refractivity contribution < 1.29 is 29.8 Å². The van der Waals surface area contributed by atoms with Gasteiger partial charge in [0, 0.05) is 6.42 Å². The zero-order valence-electron chi connectivity index (χ0n) is 9.79. The summed E-state index contributed by atoms with van der Waals surface area (Å²) in [6.07, 6.45) is 0.930. The summed E-state index contributed by atoms with van der Waals surface area (Å²) in [5.74, 6) is -2.45. The fourth-order valence-electron chi connectivity index (χ4n) is 1.32. The van der Waals surface area contributed by atoms with E-state index in [-0.39, 0.29) is 18.6 Å². The molecule has 0 saturated carbocycles. The molecule has 0 aliphatic heterocycles. The van der Waals surface area contributed by atoms with Crippen molar-refractivity contribution in [2.24, 2.45) is 5.92 Å². The summed E-state index contributed by atoms with van der Waals surface area (Å²) in [7, 11) is 0. The lowest BCUT2D eigenvalue weighted by atomic mass is 9.98. The third kappa shape index (κ3) is 8.82. The second-order valence-corrected chi connectivity index (χ2v) is 4.80. The molecule has 1 atom stereocenters. The van der Waals surface area contributed by atoms with Crippen LogP contribution in [-0.4, -0.2) is 44.8 Å². The molecule has 104 valence electrons. The zero-order chi connectivity index (χ0) is 14.0. The van der Waals surface area contributed by atoms with Crippen LogP contribution in [0.25, 0.3) is 0 Å². The average molecular weight is 279 g/mol. The maximum atomic E-state index is 10.8. The number of aliphatic carboxylic acids is 2. The Balaban J connectivity index is 3.74. The highest BCUT2D eigenvalue weighted by Crippen LogP contribution is 2.16. The molecular formula is C10H17NO6S. The van der Waals surface area contributed by atoms with E-state index in [1.165, 1.54) is 17.2 Å². The smallest absolute Gasteiger partial charge is 0.306 e. The molecule has 0 aromatic rings. The summed E-state index contributed by atoms with van der Waals surface area (Å²) in [6.45, 7) is 0. The summed E-state index contributed by atoms with van der Waals surface area (Å²) < 4.78 is 0. The van der Waals surface area contributed by atoms with Gasteiger partial charge in [-0.25, -0.2) is 5.48 Å². The molecule has 0 heterocycles. The number of hydroxylamine groups is 1. The molecule has 18 heavy (non-hydrogen) atoms. The molecule has 0 bridgehead atoms. The summed E-state index contributed by atoms with van der Waals surface area (Å²) in [6, 6.07) is 0. The van der Waals surface area contributed by atoms with E-state index >= 15 is 0 Å². The van der Waals surface area contributed by atoms with Crippen LogP contribution in [0.4, 0.5) is 0 Å². The Bertz CT molecular complexity index is 296. The number of carbonyl (C=O) groups excluding carboxylic acids is 1. The number of rotatable bonds is 10. The Hall–Kier alpha value is -1.28. The first-order chi connectivity index (χ1) is 8.47. The Morgan fingerprint density at radius 3 is 2.33 bits per heavy atom. The third-order valence-electron chi connectivity index (χ3n) is 2.26. The van der Waals surface area contributed by atoms with Crippen LogP contribution < -0.4 is 5.48 Å². The first-order valence-corrected chi connectivity index (χ1v) is 6.58. The quantitative estimate of drug-likeness (QED) is 0.262. The maximum absolute atomic E-state index is 10.8. The normalized spacial score (nSPS) is 11.8. The standard InChI is InChI=1S/C10H17NO6S/c12-8(11-17)6-18-5-1-2-7(10(15)16)3-4-9(13)14/h7,17H,1-6H2,(H,11,12)(H,13,14)(H,15,16). The van der Waals surface area contributed by atoms with Crippen molar-refractivity contribution >= 4 is 29.6 Å². The molecule has 0 aliphatic rings. The second kappa shape index (κ2) is 9.72. The van der Waals surface area contributed by atoms with Crippen molar-refractivity contribution in [3.63, 3.8) is 0 Å². The van der Waals surface area contributed by atoms with Gasteiger partial charge in [0.1, 0.15) is 0 Å². The molecule has 0 aromatic heterocycles. The van der Waals surface area contributed by atoms with Crippen molar-refractivity contribution in [1.29, 1.82) is 0 Å². The molecule has 0 spiro atoms. The fourth-order valence-corrected chi connectivity index (χ4v) is 2.08. The summed E-state index contributed by atoms with van der Waals surface area (Å²) >= 11 is 1.28. The second-order valence-electron chi connectivity index (χ2n) is 3.70. The largest absolute Gasteiger partial charge is 0.481 e. The van der Waals surface area contributed by atoms with Gasteiger partial charge < -0.3 is 10.2 Å². The van der Waals surface area contributed by atoms with Crippen LogP contribution in [0.15, 0.2) is 0 Å². The van der Waals surface area contributed by atoms with Gasteiger partial charge in [0.25, 0.3) is 5.91 Å². The van der Waals surface area contributed by atoms with E-state index in [4.69, 9.17) is 15.4 Å². The molecule has 0 radical (unpaired) electrons. The predicted molar refractivity (Wildman–Crippen MR) is 64.5 cm³/mol. The third-order valence-corrected chi connectivity index (χ3v) is 3.30. The van der Waals surface area contributed by atoms with E-state index in [9.17, 15) is 14.4 Å². The first-order valence-electron chi connectivity index (χ1n) is 5.42. The number of hydrogen-bond acceptors (Lipinski definition) is 5. The fraction of sp³-hybridized carbons (Fsp3) is 0.700. The molecule has 1 amide bonds. The number of nitrogens with one attached hydrogen (secondary N) is 1. The van der Waals surface area contributed by atoms with Crippen molar-refractivity contribution in [1.82, 2.24) is 5.48 Å². The van der Waals surface area contributed by atoms with E-state index in [1.54, 1.807) is 0 Å². The number of amides is 1. The van der Waals surface area contributed by atoms with Crippen molar-refractivity contribution in [2.45, 2.75) is 25.7 Å². The van der Waals surface area contributed by atoms with Gasteiger partial charge in [-0.15, -0.1) is 0 Å². The van der Waals surface area contributed by atoms with E-state index in [2.05, 4.69) is 0 Å². The Labute approximate surface area is 109 Å². The highest BCUT2D eigenvalue weighted by Gasteiger charge is 2.18. The molecule has 0 fully saturated rings. The van der Waals surface area contributed by atoms with E-state index in [0.717, 1.165) is 0 Å². The summed E-state index contributed by atoms with van der Waals surface area (Å²) in [5, 5.41) is 25.6. The lowest BCUT2D eigenvalue weighted by molar-refractivity contribution is -0.143. The average Bonchev–Trinajstić information content (AvgIpc) is 2.31. The molecule has 0 aliphatic carbocycles. The topological polar surface area (TPSA) is 124 Å². The molecule has 1 unspecified atom stereocenters. The minimum Gasteiger partial charge on any atom is -0.481 e. The Morgan fingerprint density at radius 1 is 1.17 bits per heavy atom. The van der Waals surface area contributed by atoms with Crippen LogP contribution in [-0.2, 0) is 14.4 Å². The minimum atomic E-state index is -1.00. The van der Waals surface area contributed by atoms with Gasteiger partial charge >= 0.3 is 11.9 Å². The lowest BCUT2D eigenvalue weighted by Crippen LogP contribution is -2.21. The summed E-state index contributed by atoms with van der Waals surface area (Å²) in [5.41, 5.74) is 1.50. The SMILES string of the molecule is O=C(O)CCC(CCCSCC(=O)NO)C(=O)O. The van der Waals surface area contributed by atoms with Gasteiger partial charge in [-0.1, -0.05) is 0 Å². The Kier molecular flexibility index (Phi) is 9.03. The highest BCUT2D eigenvalue weighted by molar-refractivity contribution is 7.99. The molecule has 7 nitrogen and oxygen atoms in total. The molecule has 4 N–H and O–H groups in total. The maximum Gasteiger partial charge on any atom is 0.306 e. The summed E-state index contributed by atoms with van der Waals surface area (Å²) in [4.78, 5) is 31.8. The lowest BCUT2D eigenvalue weighted by Gasteiger charge is -2.10. The zero-order valence-corrected chi connectivity index (χ0v) is 10.6. The number of carbonyl (C=O) groups is 3. The van der Waals surface area contributed by atoms with Crippen LogP contribution in [0.3, 0.4) is 0 Å². The van der Waals surface area contributed by atoms with E-state index in [0.29, 0.717) is 18.6 Å². The molecule has 8 heteroatoms. The Morgan fingerprint density at radius 2 is 1.83 bits per heavy atom. The molecular weight excluding hydrogens is 262 g/mol. The van der Waals surface area contributed by atoms with Crippen molar-refractivity contribution in [2.75, 3.05) is 11.5 Å². The van der Waals surface area contributed by atoms with Crippen LogP contribution in [0.5, 0.6) is 0 Å². The van der Waals surface area contributed by atoms with Gasteiger partial charge in [-0.2, -0.15) is 11.8 Å². The number of hydrogen-bond donors (Lipinski definition) is 4. The van der Waals surface area contributed by atoms with Gasteiger partial charge in [-0.05, 0) is 25.0 Å². The van der Waals surface area contributed by atoms with Crippen molar-refractivity contribution in [3.8, 4) is 0 Å². The van der Waals surface area contributed by atoms with Crippen LogP contribution in [0.1, 0.15) is 25.7 Å². The number of thioether (sulfide) groups is 1. The van der Waals surface area contributed by atoms with Gasteiger partial charge in [0.2, 0.25) is 0 Å². The van der Waals surface area contributed by atoms with Crippen molar-refractivity contribution in [3.05, 3.63) is 0 Å². The number of carboxylic acid groups (broad SMARTS) is 2. The monoisotopic (exact) mass is 279 g/mol. The van der Waals surface area contributed by atoms with Gasteiger partial charge in [0.05, 0.1) is 11.7 Å². The first kappa shape index (κ1) is 16.7. The van der Waals surface area contributed by atoms with E-state index in [1.807, 2.05) is 0 Å². The minimum absolute atomic E-state index is 0.114. The van der Waals surface area contributed by atoms with Crippen LogP contribution in [0.2, 0.25) is 0 Å². The van der Waals surface area contributed by atoms with Crippen LogP contribution >= 0.6 is 11.8 Å². The molecule has 0 aromatic carbocycles. The molecule has 0 saturated heterocycles. The van der Waals surface area contributed by atoms with Gasteiger partial charge in [0.15, 0.2) is 0 Å². The van der Waals surface area contributed by atoms with E-state index < -0.39 is 23.8 Å². The number of carboxylic acids is 2. The highest BCUT2D eigenvalue weighted by atomic mass is 32.2.